The molecule has 3 N–H and O–H groups in total. The number of nitrogens with zero attached hydrogens (tertiary/aromatic N) is 1. The molecule has 3 rings (SSSR count). The Hall–Kier alpha value is -1.04. The second-order valence-corrected chi connectivity index (χ2v) is 6.30. The van der Waals surface area contributed by atoms with Gasteiger partial charge in [-0.1, -0.05) is 18.3 Å². The summed E-state index contributed by atoms with van der Waals surface area (Å²) in [4.78, 5) is 2.53. The van der Waals surface area contributed by atoms with Gasteiger partial charge in [0.2, 0.25) is 0 Å². The summed E-state index contributed by atoms with van der Waals surface area (Å²) in [5.41, 5.74) is 6.90. The van der Waals surface area contributed by atoms with Gasteiger partial charge in [0.1, 0.15) is 10.8 Å². The molecule has 0 aromatic heterocycles. The molecule has 20 heavy (non-hydrogen) atoms. The predicted molar refractivity (Wildman–Crippen MR) is 79.9 cm³/mol. The SMILES string of the molecule is NC(=S)c1cc(CN2C3CCC2CC(O)C3)ccc1F. The van der Waals surface area contributed by atoms with Crippen LogP contribution in [-0.2, 0) is 6.54 Å². The minimum Gasteiger partial charge on any atom is -0.393 e. The van der Waals surface area contributed by atoms with Gasteiger partial charge in [-0.05, 0) is 43.4 Å². The molecule has 2 fully saturated rings. The first kappa shape index (κ1) is 13.9. The van der Waals surface area contributed by atoms with Crippen molar-refractivity contribution in [2.45, 2.75) is 50.4 Å². The van der Waals surface area contributed by atoms with Crippen LogP contribution in [0.2, 0.25) is 0 Å². The molecule has 3 nitrogen and oxygen atoms in total. The Bertz CT molecular complexity index is 523. The zero-order chi connectivity index (χ0) is 14.3. The molecule has 2 bridgehead atoms. The molecule has 1 aromatic rings. The van der Waals surface area contributed by atoms with Gasteiger partial charge in [-0.25, -0.2) is 4.39 Å². The molecular formula is C15H19FN2OS. The Labute approximate surface area is 123 Å². The molecule has 1 aromatic carbocycles. The molecule has 5 heteroatoms. The van der Waals surface area contributed by atoms with E-state index in [-0.39, 0.29) is 16.9 Å². The predicted octanol–water partition coefficient (Wildman–Crippen LogP) is 1.95. The molecule has 108 valence electrons. The van der Waals surface area contributed by atoms with Gasteiger partial charge in [-0.15, -0.1) is 0 Å². The van der Waals surface area contributed by atoms with E-state index in [0.717, 1.165) is 37.8 Å². The highest BCUT2D eigenvalue weighted by atomic mass is 32.1. The van der Waals surface area contributed by atoms with Crippen molar-refractivity contribution in [1.29, 1.82) is 0 Å². The summed E-state index contributed by atoms with van der Waals surface area (Å²) >= 11 is 4.88. The summed E-state index contributed by atoms with van der Waals surface area (Å²) in [6.07, 6.45) is 3.82. The lowest BCUT2D eigenvalue weighted by Crippen LogP contribution is -2.44. The number of hydrogen-bond donors (Lipinski definition) is 2. The van der Waals surface area contributed by atoms with Crippen molar-refractivity contribution in [3.05, 3.63) is 35.1 Å². The minimum atomic E-state index is -0.363. The number of rotatable bonds is 3. The van der Waals surface area contributed by atoms with Crippen LogP contribution >= 0.6 is 12.2 Å². The summed E-state index contributed by atoms with van der Waals surface area (Å²) in [5.74, 6) is -0.363. The largest absolute Gasteiger partial charge is 0.393 e. The van der Waals surface area contributed by atoms with Crippen LogP contribution in [0.25, 0.3) is 0 Å². The van der Waals surface area contributed by atoms with Gasteiger partial charge in [0.15, 0.2) is 0 Å². The van der Waals surface area contributed by atoms with Crippen molar-refractivity contribution in [2.24, 2.45) is 5.73 Å². The minimum absolute atomic E-state index is 0.0985. The third-order valence-electron chi connectivity index (χ3n) is 4.52. The first-order valence-electron chi connectivity index (χ1n) is 7.06. The molecule has 2 unspecified atom stereocenters. The second-order valence-electron chi connectivity index (χ2n) is 5.86. The molecule has 2 saturated heterocycles. The normalized spacial score (nSPS) is 29.6. The number of aliphatic hydroxyl groups excluding tert-OH is 1. The van der Waals surface area contributed by atoms with E-state index < -0.39 is 0 Å². The monoisotopic (exact) mass is 294 g/mol. The Kier molecular flexibility index (Phi) is 3.75. The van der Waals surface area contributed by atoms with Crippen LogP contribution in [0.15, 0.2) is 18.2 Å². The highest BCUT2D eigenvalue weighted by Crippen LogP contribution is 2.36. The van der Waals surface area contributed by atoms with E-state index in [9.17, 15) is 9.50 Å². The maximum atomic E-state index is 13.6. The zero-order valence-corrected chi connectivity index (χ0v) is 12.1. The molecule has 2 aliphatic rings. The number of fused-ring (bicyclic) bond motifs is 2. The number of nitrogens with two attached hydrogens (primary N) is 1. The van der Waals surface area contributed by atoms with Crippen molar-refractivity contribution in [2.75, 3.05) is 0 Å². The first-order chi connectivity index (χ1) is 9.54. The van der Waals surface area contributed by atoms with Gasteiger partial charge in [0, 0.05) is 24.2 Å². The Balaban J connectivity index is 1.79. The summed E-state index contributed by atoms with van der Waals surface area (Å²) in [7, 11) is 0. The smallest absolute Gasteiger partial charge is 0.133 e. The summed E-state index contributed by atoms with van der Waals surface area (Å²) < 4.78 is 13.6. The number of benzene rings is 1. The molecule has 0 saturated carbocycles. The van der Waals surface area contributed by atoms with E-state index in [1.165, 1.54) is 6.07 Å². The van der Waals surface area contributed by atoms with Crippen LogP contribution in [0.5, 0.6) is 0 Å². The van der Waals surface area contributed by atoms with Crippen molar-refractivity contribution >= 4 is 17.2 Å². The lowest BCUT2D eigenvalue weighted by molar-refractivity contribution is 0.0310. The number of thiocarbonyl (C=S) groups is 1. The van der Waals surface area contributed by atoms with Crippen LogP contribution in [-0.4, -0.2) is 33.2 Å². The Morgan fingerprint density at radius 3 is 2.60 bits per heavy atom. The molecule has 2 aliphatic heterocycles. The van der Waals surface area contributed by atoms with Gasteiger partial charge >= 0.3 is 0 Å². The lowest BCUT2D eigenvalue weighted by Gasteiger charge is -2.37. The van der Waals surface area contributed by atoms with E-state index in [4.69, 9.17) is 18.0 Å². The summed E-state index contributed by atoms with van der Waals surface area (Å²) in [5, 5.41) is 9.82. The third kappa shape index (κ3) is 2.57. The number of hydrogen-bond acceptors (Lipinski definition) is 3. The van der Waals surface area contributed by atoms with Gasteiger partial charge in [-0.3, -0.25) is 4.90 Å². The molecule has 2 atom stereocenters. The molecule has 0 amide bonds. The van der Waals surface area contributed by atoms with Crippen molar-refractivity contribution in [3.8, 4) is 0 Å². The maximum Gasteiger partial charge on any atom is 0.133 e. The van der Waals surface area contributed by atoms with Gasteiger partial charge in [-0.2, -0.15) is 0 Å². The number of piperidine rings is 1. The quantitative estimate of drug-likeness (QED) is 0.837. The molecule has 0 spiro atoms. The maximum absolute atomic E-state index is 13.6. The molecule has 0 radical (unpaired) electrons. The Morgan fingerprint density at radius 2 is 2.00 bits per heavy atom. The van der Waals surface area contributed by atoms with Crippen LogP contribution in [0.1, 0.15) is 36.8 Å². The average molecular weight is 294 g/mol. The molecule has 2 heterocycles. The van der Waals surface area contributed by atoms with Crippen LogP contribution in [0, 0.1) is 5.82 Å². The van der Waals surface area contributed by atoms with E-state index >= 15 is 0 Å². The molecule has 0 aliphatic carbocycles. The highest BCUT2D eigenvalue weighted by molar-refractivity contribution is 7.80. The van der Waals surface area contributed by atoms with Crippen LogP contribution in [0.4, 0.5) is 4.39 Å². The standard InChI is InChI=1S/C15H19FN2OS/c16-14-4-1-9(5-13(14)15(17)20)8-18-10-2-3-11(18)7-12(19)6-10/h1,4-5,10-12,19H,2-3,6-8H2,(H2,17,20). The van der Waals surface area contributed by atoms with E-state index in [1.807, 2.05) is 0 Å². The fourth-order valence-electron chi connectivity index (χ4n) is 3.57. The zero-order valence-electron chi connectivity index (χ0n) is 11.3. The van der Waals surface area contributed by atoms with E-state index in [0.29, 0.717) is 17.6 Å². The number of halogens is 1. The third-order valence-corrected chi connectivity index (χ3v) is 4.74. The van der Waals surface area contributed by atoms with Gasteiger partial charge in [0.25, 0.3) is 0 Å². The summed E-state index contributed by atoms with van der Waals surface area (Å²) in [6, 6.07) is 5.87. The van der Waals surface area contributed by atoms with E-state index in [1.54, 1.807) is 12.1 Å². The van der Waals surface area contributed by atoms with Gasteiger partial charge in [0.05, 0.1) is 6.10 Å². The van der Waals surface area contributed by atoms with Crippen LogP contribution < -0.4 is 5.73 Å². The van der Waals surface area contributed by atoms with E-state index in [2.05, 4.69) is 4.90 Å². The summed E-state index contributed by atoms with van der Waals surface area (Å²) in [6.45, 7) is 0.776. The first-order valence-corrected chi connectivity index (χ1v) is 7.47. The van der Waals surface area contributed by atoms with Crippen molar-refractivity contribution < 1.29 is 9.50 Å². The lowest BCUT2D eigenvalue weighted by atomic mass is 9.98. The van der Waals surface area contributed by atoms with Crippen LogP contribution in [0.3, 0.4) is 0 Å². The second kappa shape index (κ2) is 5.39. The van der Waals surface area contributed by atoms with Gasteiger partial charge < -0.3 is 10.8 Å². The topological polar surface area (TPSA) is 49.5 Å². The number of aliphatic hydroxyl groups is 1. The van der Waals surface area contributed by atoms with Crippen molar-refractivity contribution in [3.63, 3.8) is 0 Å². The Morgan fingerprint density at radius 1 is 1.35 bits per heavy atom. The fourth-order valence-corrected chi connectivity index (χ4v) is 3.73. The molecular weight excluding hydrogens is 275 g/mol. The fraction of sp³-hybridized carbons (Fsp3) is 0.533. The average Bonchev–Trinajstić information content (AvgIpc) is 2.63. The highest BCUT2D eigenvalue weighted by Gasteiger charge is 2.39. The van der Waals surface area contributed by atoms with Crippen molar-refractivity contribution in [1.82, 2.24) is 4.90 Å².